The van der Waals surface area contributed by atoms with Crippen molar-refractivity contribution in [1.82, 2.24) is 0 Å². The maximum Gasteiger partial charge on any atom is 0.306 e. The summed E-state index contributed by atoms with van der Waals surface area (Å²) in [5.41, 5.74) is 0. The Kier molecular flexibility index (Phi) is 63.8. The third-order valence-electron chi connectivity index (χ3n) is 14.2. The van der Waals surface area contributed by atoms with E-state index in [1.165, 1.54) is 141 Å². The second-order valence-corrected chi connectivity index (χ2v) is 22.0. The summed E-state index contributed by atoms with van der Waals surface area (Å²) in [5.74, 6) is -0.910. The first-order chi connectivity index (χ1) is 39.5. The van der Waals surface area contributed by atoms with Crippen molar-refractivity contribution in [1.29, 1.82) is 0 Å². The zero-order chi connectivity index (χ0) is 57.8. The third kappa shape index (κ3) is 64.6. The van der Waals surface area contributed by atoms with Crippen molar-refractivity contribution in [2.24, 2.45) is 0 Å². The molecule has 0 aromatic heterocycles. The molecule has 0 aliphatic heterocycles. The lowest BCUT2D eigenvalue weighted by molar-refractivity contribution is -0.167. The van der Waals surface area contributed by atoms with Crippen LogP contribution in [0.4, 0.5) is 0 Å². The van der Waals surface area contributed by atoms with Crippen molar-refractivity contribution < 1.29 is 28.6 Å². The van der Waals surface area contributed by atoms with Crippen molar-refractivity contribution in [2.75, 3.05) is 13.2 Å². The highest BCUT2D eigenvalue weighted by molar-refractivity contribution is 5.71. The lowest BCUT2D eigenvalue weighted by Gasteiger charge is -2.18. The Hall–Kier alpha value is -4.19. The van der Waals surface area contributed by atoms with Crippen LogP contribution in [0.25, 0.3) is 0 Å². The zero-order valence-corrected chi connectivity index (χ0v) is 52.3. The molecule has 0 saturated carbocycles. The van der Waals surface area contributed by atoms with Crippen molar-refractivity contribution in [3.05, 3.63) is 122 Å². The van der Waals surface area contributed by atoms with Gasteiger partial charge in [-0.3, -0.25) is 14.4 Å². The molecule has 0 aromatic rings. The van der Waals surface area contributed by atoms with E-state index >= 15 is 0 Å². The predicted octanol–water partition coefficient (Wildman–Crippen LogP) is 23.2. The Morgan fingerprint density at radius 1 is 0.263 bits per heavy atom. The second kappa shape index (κ2) is 67.3. The van der Waals surface area contributed by atoms with Crippen molar-refractivity contribution in [3.63, 3.8) is 0 Å². The number of carbonyl (C=O) groups excluding carboxylic acids is 3. The maximum absolute atomic E-state index is 12.9. The minimum Gasteiger partial charge on any atom is -0.462 e. The number of esters is 3. The van der Waals surface area contributed by atoms with Gasteiger partial charge in [-0.1, -0.05) is 277 Å². The standard InChI is InChI=1S/C74H124O6/c1-4-7-10-13-16-19-22-25-27-29-31-32-33-34-35-36-37-38-39-40-41-42-43-45-46-49-52-55-58-61-64-67-73(76)79-70-71(69-78-72(75)66-63-60-57-54-51-48-24-21-18-15-12-9-6-3)80-74(77)68-65-62-59-56-53-50-47-44-30-28-26-23-20-17-14-11-8-5-2/h7,10,16,19,21,24-25,27-28,30-32,34-35,37-38,40-41,43,45,71H,4-6,8-9,11-15,17-18,20,22-23,26,29,33,36,39,42,44,46-70H2,1-3H3/b10-7-,19-16-,24-21-,27-25-,30-28-,32-31-,35-34-,38-37-,41-40-,45-43-. The van der Waals surface area contributed by atoms with Gasteiger partial charge in [-0.2, -0.15) is 0 Å². The smallest absolute Gasteiger partial charge is 0.306 e. The van der Waals surface area contributed by atoms with Crippen LogP contribution in [-0.2, 0) is 28.6 Å². The minimum absolute atomic E-state index is 0.0894. The van der Waals surface area contributed by atoms with Gasteiger partial charge in [0.1, 0.15) is 13.2 Å². The molecule has 0 fully saturated rings. The number of hydrogen-bond donors (Lipinski definition) is 0. The Labute approximate surface area is 494 Å². The molecule has 0 spiro atoms. The van der Waals surface area contributed by atoms with E-state index in [9.17, 15) is 14.4 Å². The van der Waals surface area contributed by atoms with E-state index in [1.807, 2.05) is 0 Å². The van der Waals surface area contributed by atoms with Gasteiger partial charge >= 0.3 is 17.9 Å². The Bertz CT molecular complexity index is 1650. The third-order valence-corrected chi connectivity index (χ3v) is 14.2. The summed E-state index contributed by atoms with van der Waals surface area (Å²) in [6, 6.07) is 0. The molecule has 0 N–H and O–H groups in total. The van der Waals surface area contributed by atoms with E-state index in [2.05, 4.69) is 142 Å². The molecule has 80 heavy (non-hydrogen) atoms. The lowest BCUT2D eigenvalue weighted by Crippen LogP contribution is -2.30. The van der Waals surface area contributed by atoms with E-state index in [0.29, 0.717) is 19.3 Å². The summed E-state index contributed by atoms with van der Waals surface area (Å²) >= 11 is 0. The first-order valence-electron chi connectivity index (χ1n) is 33.5. The molecule has 0 heterocycles. The van der Waals surface area contributed by atoms with Crippen molar-refractivity contribution in [3.8, 4) is 0 Å². The van der Waals surface area contributed by atoms with Crippen LogP contribution in [-0.4, -0.2) is 37.2 Å². The Morgan fingerprint density at radius 3 is 0.787 bits per heavy atom. The van der Waals surface area contributed by atoms with Gasteiger partial charge in [-0.15, -0.1) is 0 Å². The number of hydrogen-bond acceptors (Lipinski definition) is 6. The van der Waals surface area contributed by atoms with Crippen LogP contribution in [0.3, 0.4) is 0 Å². The summed E-state index contributed by atoms with van der Waals surface area (Å²) < 4.78 is 16.9. The highest BCUT2D eigenvalue weighted by Gasteiger charge is 2.19. The molecule has 0 radical (unpaired) electrons. The fourth-order valence-electron chi connectivity index (χ4n) is 9.15. The Morgan fingerprint density at radius 2 is 0.487 bits per heavy atom. The number of ether oxygens (including phenoxy) is 3. The highest BCUT2D eigenvalue weighted by Crippen LogP contribution is 2.15. The van der Waals surface area contributed by atoms with E-state index in [-0.39, 0.29) is 31.1 Å². The first-order valence-corrected chi connectivity index (χ1v) is 33.5. The Balaban J connectivity index is 4.34. The molecule has 0 amide bonds. The van der Waals surface area contributed by atoms with E-state index in [4.69, 9.17) is 14.2 Å². The zero-order valence-electron chi connectivity index (χ0n) is 52.3. The van der Waals surface area contributed by atoms with Gasteiger partial charge in [0.25, 0.3) is 0 Å². The molecule has 0 rings (SSSR count). The number of allylic oxidation sites excluding steroid dienone is 20. The summed E-state index contributed by atoms with van der Waals surface area (Å²) in [4.78, 5) is 38.3. The normalized spacial score (nSPS) is 12.9. The molecule has 1 atom stereocenters. The average molecular weight is 1110 g/mol. The summed E-state index contributed by atoms with van der Waals surface area (Å²) in [6.45, 7) is 6.50. The van der Waals surface area contributed by atoms with E-state index in [0.717, 1.165) is 128 Å². The van der Waals surface area contributed by atoms with Crippen LogP contribution < -0.4 is 0 Å². The summed E-state index contributed by atoms with van der Waals surface area (Å²) in [6.07, 6.45) is 93.5. The lowest BCUT2D eigenvalue weighted by atomic mass is 10.1. The van der Waals surface area contributed by atoms with Crippen LogP contribution >= 0.6 is 0 Å². The molecular formula is C74H124O6. The van der Waals surface area contributed by atoms with Crippen molar-refractivity contribution in [2.45, 2.75) is 316 Å². The van der Waals surface area contributed by atoms with E-state index < -0.39 is 6.10 Å². The van der Waals surface area contributed by atoms with Gasteiger partial charge in [-0.25, -0.2) is 0 Å². The first kappa shape index (κ1) is 75.8. The molecule has 0 saturated heterocycles. The fraction of sp³-hybridized carbons (Fsp3) is 0.689. The molecule has 0 bridgehead atoms. The quantitative estimate of drug-likeness (QED) is 0.0261. The van der Waals surface area contributed by atoms with Crippen LogP contribution in [0.1, 0.15) is 310 Å². The molecule has 0 aliphatic carbocycles. The van der Waals surface area contributed by atoms with Gasteiger partial charge in [0.15, 0.2) is 6.10 Å². The summed E-state index contributed by atoms with van der Waals surface area (Å²) in [7, 11) is 0. The van der Waals surface area contributed by atoms with Gasteiger partial charge in [-0.05, 0) is 135 Å². The monoisotopic (exact) mass is 1110 g/mol. The van der Waals surface area contributed by atoms with E-state index in [1.54, 1.807) is 0 Å². The molecule has 0 aliphatic rings. The van der Waals surface area contributed by atoms with Crippen LogP contribution in [0, 0.1) is 0 Å². The topological polar surface area (TPSA) is 78.9 Å². The number of carbonyl (C=O) groups is 3. The molecular weight excluding hydrogens is 985 g/mol. The molecule has 0 aromatic carbocycles. The molecule has 1 unspecified atom stereocenters. The van der Waals surface area contributed by atoms with Gasteiger partial charge < -0.3 is 14.2 Å². The van der Waals surface area contributed by atoms with Gasteiger partial charge in [0.2, 0.25) is 0 Å². The highest BCUT2D eigenvalue weighted by atomic mass is 16.6. The van der Waals surface area contributed by atoms with Crippen LogP contribution in [0.2, 0.25) is 0 Å². The predicted molar refractivity (Wildman–Crippen MR) is 348 cm³/mol. The summed E-state index contributed by atoms with van der Waals surface area (Å²) in [5, 5.41) is 0. The molecule has 456 valence electrons. The minimum atomic E-state index is -0.793. The van der Waals surface area contributed by atoms with Crippen LogP contribution in [0.5, 0.6) is 0 Å². The number of rotatable bonds is 60. The second-order valence-electron chi connectivity index (χ2n) is 22.0. The number of unbranched alkanes of at least 4 members (excludes halogenated alkanes) is 29. The molecule has 6 nitrogen and oxygen atoms in total. The fourth-order valence-corrected chi connectivity index (χ4v) is 9.15. The SMILES string of the molecule is CC/C=C\C/C=C\C/C=C\C/C=C\C/C=C\C/C=C\C/C=C\C/C=C\CCCCCCCCC(=O)OCC(COC(=O)CCCCCCC/C=C\CCCCCC)OC(=O)CCCCCCCCC/C=C\CCCCCCCCC. The average Bonchev–Trinajstić information content (AvgIpc) is 3.46. The van der Waals surface area contributed by atoms with Gasteiger partial charge in [0, 0.05) is 19.3 Å². The largest absolute Gasteiger partial charge is 0.462 e. The van der Waals surface area contributed by atoms with Gasteiger partial charge in [0.05, 0.1) is 0 Å². The van der Waals surface area contributed by atoms with Crippen LogP contribution in [0.15, 0.2) is 122 Å². The maximum atomic E-state index is 12.9. The molecule has 6 heteroatoms. The van der Waals surface area contributed by atoms with Crippen molar-refractivity contribution >= 4 is 17.9 Å².